The second-order valence-electron chi connectivity index (χ2n) is 13.6. The van der Waals surface area contributed by atoms with E-state index in [9.17, 15) is 18.7 Å². The molecule has 9 nitrogen and oxygen atoms in total. The van der Waals surface area contributed by atoms with Gasteiger partial charge in [0.15, 0.2) is 0 Å². The molecule has 8 atom stereocenters. The van der Waals surface area contributed by atoms with Gasteiger partial charge >= 0.3 is 6.09 Å². The van der Waals surface area contributed by atoms with E-state index >= 15 is 0 Å². The highest BCUT2D eigenvalue weighted by molar-refractivity contribution is 5.66. The van der Waals surface area contributed by atoms with Gasteiger partial charge in [0, 0.05) is 32.3 Å². The zero-order chi connectivity index (χ0) is 30.4. The van der Waals surface area contributed by atoms with Crippen LogP contribution in [0.2, 0.25) is 0 Å². The molecule has 1 aliphatic carbocycles. The van der Waals surface area contributed by atoms with Crippen LogP contribution >= 0.6 is 0 Å². The Bertz CT molecular complexity index is 1140. The molecule has 1 aromatic heterocycles. The van der Waals surface area contributed by atoms with Crippen molar-refractivity contribution in [1.82, 2.24) is 19.4 Å². The van der Waals surface area contributed by atoms with Crippen molar-refractivity contribution in [2.24, 2.45) is 17.8 Å². The number of methoxy groups -OCH3 is 1. The number of aromatic nitrogens is 2. The number of hydrogen-bond acceptors (Lipinski definition) is 6. The number of rotatable bonds is 12. The number of imidazole rings is 1. The smallest absolute Gasteiger partial charge is 0.408 e. The van der Waals surface area contributed by atoms with Crippen LogP contribution in [0.15, 0.2) is 24.2 Å². The van der Waals surface area contributed by atoms with Gasteiger partial charge in [0.2, 0.25) is 0 Å². The summed E-state index contributed by atoms with van der Waals surface area (Å²) in [6, 6.07) is -0.873. The van der Waals surface area contributed by atoms with Crippen molar-refractivity contribution >= 4 is 6.09 Å². The minimum absolute atomic E-state index is 0.0388. The Hall–Kier alpha value is -2.08. The number of hydrogen-bond donors (Lipinski definition) is 1. The minimum Gasteiger partial charge on any atom is -0.465 e. The van der Waals surface area contributed by atoms with Crippen molar-refractivity contribution in [3.05, 3.63) is 29.9 Å². The number of allylic oxidation sites excluding steroid dienone is 1. The van der Waals surface area contributed by atoms with Gasteiger partial charge < -0.3 is 23.9 Å². The van der Waals surface area contributed by atoms with E-state index in [1.165, 1.54) is 5.57 Å². The fourth-order valence-corrected chi connectivity index (χ4v) is 7.88. The predicted molar refractivity (Wildman–Crippen MR) is 154 cm³/mol. The van der Waals surface area contributed by atoms with Crippen LogP contribution in [-0.2, 0) is 20.8 Å². The highest BCUT2D eigenvalue weighted by Crippen LogP contribution is 2.60. The summed E-state index contributed by atoms with van der Waals surface area (Å²) in [6.45, 7) is 12.7. The molecule has 1 spiro atoms. The normalized spacial score (nSPS) is 35.1. The number of likely N-dealkylation sites (tertiary alicyclic amines) is 1. The molecule has 0 aromatic carbocycles. The molecule has 1 aromatic rings. The molecule has 42 heavy (non-hydrogen) atoms. The van der Waals surface area contributed by atoms with Crippen molar-refractivity contribution < 1.29 is 32.9 Å². The second-order valence-corrected chi connectivity index (χ2v) is 13.6. The lowest BCUT2D eigenvalue weighted by atomic mass is 9.67. The summed E-state index contributed by atoms with van der Waals surface area (Å²) in [5.74, 6) is 0.110. The Morgan fingerprint density at radius 2 is 2.07 bits per heavy atom. The minimum atomic E-state index is -2.33. The molecule has 5 rings (SSSR count). The van der Waals surface area contributed by atoms with Gasteiger partial charge in [-0.3, -0.25) is 9.80 Å². The van der Waals surface area contributed by atoms with E-state index in [4.69, 9.17) is 19.2 Å². The number of epoxide rings is 2. The zero-order valence-corrected chi connectivity index (χ0v) is 25.8. The lowest BCUT2D eigenvalue weighted by Crippen LogP contribution is -2.61. The number of nitrogens with zero attached hydrogens (tertiary/aromatic N) is 4. The van der Waals surface area contributed by atoms with Gasteiger partial charge in [-0.2, -0.15) is 0 Å². The predicted octanol–water partition coefficient (Wildman–Crippen LogP) is 5.22. The quantitative estimate of drug-likeness (QED) is 0.262. The maximum atomic E-state index is 13.1. The second kappa shape index (κ2) is 12.1. The lowest BCUT2D eigenvalue weighted by Gasteiger charge is -2.48. The first-order valence-corrected chi connectivity index (χ1v) is 15.4. The number of amides is 1. The maximum Gasteiger partial charge on any atom is 0.408 e. The number of carboxylic acid groups (broad SMARTS) is 1. The number of halogens is 2. The molecule has 236 valence electrons. The van der Waals surface area contributed by atoms with E-state index in [1.54, 1.807) is 18.3 Å². The summed E-state index contributed by atoms with van der Waals surface area (Å²) in [5.41, 5.74) is 1.13. The fourth-order valence-electron chi connectivity index (χ4n) is 7.88. The standard InChI is InChI=1S/C31H48F2N4O5/c1-19(2)7-8-24-30(5,42-24)28-27(40-6)23(9-11-31(28)17-41-31)37(29(38)39)26(20(3)4)22-15-36(18-34-22)14-21-10-12-35(13-21)16-25(32)33/h7,15,18,20-21,23-28H,8-14,16-17H2,1-6H3,(H,38,39)/t21-,23+,24+,26?,27+,28+,30-,31-/m0/s1. The third-order valence-electron chi connectivity index (χ3n) is 9.96. The summed E-state index contributed by atoms with van der Waals surface area (Å²) < 4.78 is 46.3. The summed E-state index contributed by atoms with van der Waals surface area (Å²) in [5, 5.41) is 10.7. The topological polar surface area (TPSA) is 95.9 Å². The SMILES string of the molecule is CO[C@@H]1[C@H](N(C(=O)O)C(c2cn(C[C@H]3CCN(CC(F)F)C3)cn2)C(C)C)CC[C@]2(CO2)[C@H]1[C@@]1(C)O[C@@H]1CC=C(C)C. The van der Waals surface area contributed by atoms with Crippen molar-refractivity contribution in [2.45, 2.75) is 109 Å². The zero-order valence-electron chi connectivity index (χ0n) is 25.8. The monoisotopic (exact) mass is 594 g/mol. The highest BCUT2D eigenvalue weighted by Gasteiger charge is 2.72. The van der Waals surface area contributed by atoms with Crippen molar-refractivity contribution in [1.29, 1.82) is 0 Å². The summed E-state index contributed by atoms with van der Waals surface area (Å²) in [7, 11) is 1.67. The first-order chi connectivity index (χ1) is 19.9. The van der Waals surface area contributed by atoms with Crippen LogP contribution in [-0.4, -0.2) is 99.8 Å². The van der Waals surface area contributed by atoms with E-state index in [-0.39, 0.29) is 36.0 Å². The molecule has 1 saturated carbocycles. The molecule has 0 bridgehead atoms. The van der Waals surface area contributed by atoms with Crippen LogP contribution < -0.4 is 0 Å². The van der Waals surface area contributed by atoms with Crippen LogP contribution in [0.1, 0.15) is 72.0 Å². The molecule has 1 amide bonds. The molecule has 3 saturated heterocycles. The van der Waals surface area contributed by atoms with Crippen molar-refractivity contribution in [2.75, 3.05) is 33.4 Å². The largest absolute Gasteiger partial charge is 0.465 e. The van der Waals surface area contributed by atoms with Crippen LogP contribution in [0.5, 0.6) is 0 Å². The van der Waals surface area contributed by atoms with Gasteiger partial charge in [-0.1, -0.05) is 25.5 Å². The number of ether oxygens (including phenoxy) is 3. The average Bonchev–Trinajstić information content (AvgIpc) is 3.68. The van der Waals surface area contributed by atoms with Gasteiger partial charge in [-0.25, -0.2) is 18.6 Å². The Kier molecular flexibility index (Phi) is 9.05. The third kappa shape index (κ3) is 6.25. The first-order valence-electron chi connectivity index (χ1n) is 15.4. The van der Waals surface area contributed by atoms with E-state index in [2.05, 4.69) is 26.8 Å². The van der Waals surface area contributed by atoms with Gasteiger partial charge in [0.1, 0.15) is 5.60 Å². The molecular weight excluding hydrogens is 546 g/mol. The number of alkyl halides is 2. The van der Waals surface area contributed by atoms with E-state index < -0.39 is 36.3 Å². The van der Waals surface area contributed by atoms with E-state index in [1.807, 2.05) is 29.5 Å². The Balaban J connectivity index is 1.37. The lowest BCUT2D eigenvalue weighted by molar-refractivity contribution is -0.102. The maximum absolute atomic E-state index is 13.1. The molecule has 1 N–H and O–H groups in total. The van der Waals surface area contributed by atoms with Gasteiger partial charge in [0.25, 0.3) is 6.43 Å². The van der Waals surface area contributed by atoms with Gasteiger partial charge in [-0.15, -0.1) is 0 Å². The van der Waals surface area contributed by atoms with Crippen LogP contribution in [0.4, 0.5) is 13.6 Å². The third-order valence-corrected chi connectivity index (χ3v) is 9.96. The molecule has 3 aliphatic heterocycles. The molecule has 11 heteroatoms. The van der Waals surface area contributed by atoms with Crippen molar-refractivity contribution in [3.63, 3.8) is 0 Å². The van der Waals surface area contributed by atoms with E-state index in [0.29, 0.717) is 38.4 Å². The fraction of sp³-hybridized carbons (Fsp3) is 0.806. The van der Waals surface area contributed by atoms with Crippen LogP contribution in [0, 0.1) is 17.8 Å². The molecular formula is C31H48F2N4O5. The number of carbonyl (C=O) groups is 1. The van der Waals surface area contributed by atoms with E-state index in [0.717, 1.165) is 19.3 Å². The van der Waals surface area contributed by atoms with Crippen LogP contribution in [0.3, 0.4) is 0 Å². The summed E-state index contributed by atoms with van der Waals surface area (Å²) in [4.78, 5) is 21.2. The Morgan fingerprint density at radius 3 is 2.67 bits per heavy atom. The molecule has 4 fully saturated rings. The molecule has 4 aliphatic rings. The van der Waals surface area contributed by atoms with Crippen LogP contribution in [0.25, 0.3) is 0 Å². The Labute approximate surface area is 248 Å². The van der Waals surface area contributed by atoms with Crippen molar-refractivity contribution in [3.8, 4) is 0 Å². The summed E-state index contributed by atoms with van der Waals surface area (Å²) in [6.07, 6.45) is 5.22. The molecule has 1 unspecified atom stereocenters. The first kappa shape index (κ1) is 31.3. The molecule has 0 radical (unpaired) electrons. The summed E-state index contributed by atoms with van der Waals surface area (Å²) >= 11 is 0. The Morgan fingerprint density at radius 1 is 1.33 bits per heavy atom. The van der Waals surface area contributed by atoms with Gasteiger partial charge in [0.05, 0.1) is 55.1 Å². The highest BCUT2D eigenvalue weighted by atomic mass is 19.3. The molecule has 4 heterocycles. The average molecular weight is 595 g/mol. The van der Waals surface area contributed by atoms with Gasteiger partial charge in [-0.05, 0) is 64.8 Å².